The van der Waals surface area contributed by atoms with Crippen molar-refractivity contribution in [2.24, 2.45) is 0 Å². The van der Waals surface area contributed by atoms with E-state index in [-0.39, 0.29) is 22.4 Å². The largest absolute Gasteiger partial charge is 0.504 e. The molecule has 1 amide bonds. The Labute approximate surface area is 134 Å². The van der Waals surface area contributed by atoms with Crippen LogP contribution in [0.2, 0.25) is 10.0 Å². The number of amides is 1. The van der Waals surface area contributed by atoms with E-state index in [0.29, 0.717) is 15.1 Å². The quantitative estimate of drug-likeness (QED) is 0.725. The van der Waals surface area contributed by atoms with E-state index in [1.165, 1.54) is 12.1 Å². The Bertz CT molecular complexity index is 689. The van der Waals surface area contributed by atoms with Gasteiger partial charge in [0, 0.05) is 9.50 Å². The molecule has 0 fully saturated rings. The topological polar surface area (TPSA) is 49.3 Å². The van der Waals surface area contributed by atoms with Crippen molar-refractivity contribution in [2.45, 2.75) is 6.92 Å². The Balaban J connectivity index is 2.35. The van der Waals surface area contributed by atoms with Gasteiger partial charge in [-0.15, -0.1) is 0 Å². The van der Waals surface area contributed by atoms with Crippen molar-refractivity contribution in [3.63, 3.8) is 0 Å². The Hall–Kier alpha value is -1.23. The SMILES string of the molecule is Cc1cccc(C(=O)Nc2cc(Cl)cc(Cl)c2O)c1Br. The summed E-state index contributed by atoms with van der Waals surface area (Å²) in [5.41, 5.74) is 1.56. The fraction of sp³-hybridized carbons (Fsp3) is 0.0714. The van der Waals surface area contributed by atoms with E-state index >= 15 is 0 Å². The Morgan fingerprint density at radius 1 is 1.30 bits per heavy atom. The lowest BCUT2D eigenvalue weighted by Crippen LogP contribution is -2.13. The van der Waals surface area contributed by atoms with Gasteiger partial charge < -0.3 is 10.4 Å². The van der Waals surface area contributed by atoms with Crippen molar-refractivity contribution in [3.8, 4) is 5.75 Å². The summed E-state index contributed by atoms with van der Waals surface area (Å²) in [6.45, 7) is 1.88. The fourth-order valence-corrected chi connectivity index (χ4v) is 2.61. The first-order chi connectivity index (χ1) is 9.40. The van der Waals surface area contributed by atoms with Gasteiger partial charge in [-0.3, -0.25) is 4.79 Å². The van der Waals surface area contributed by atoms with Crippen LogP contribution < -0.4 is 5.32 Å². The van der Waals surface area contributed by atoms with Gasteiger partial charge in [0.05, 0.1) is 16.3 Å². The molecule has 3 nitrogen and oxygen atoms in total. The average Bonchev–Trinajstić information content (AvgIpc) is 2.38. The summed E-state index contributed by atoms with van der Waals surface area (Å²) in [6, 6.07) is 8.17. The number of benzene rings is 2. The summed E-state index contributed by atoms with van der Waals surface area (Å²) >= 11 is 15.0. The van der Waals surface area contributed by atoms with Crippen LogP contribution in [-0.4, -0.2) is 11.0 Å². The summed E-state index contributed by atoms with van der Waals surface area (Å²) in [6.07, 6.45) is 0. The molecule has 0 bridgehead atoms. The zero-order valence-corrected chi connectivity index (χ0v) is 13.5. The van der Waals surface area contributed by atoms with E-state index in [2.05, 4.69) is 21.2 Å². The molecule has 2 rings (SSSR count). The van der Waals surface area contributed by atoms with E-state index in [4.69, 9.17) is 23.2 Å². The third kappa shape index (κ3) is 3.08. The molecule has 2 N–H and O–H groups in total. The summed E-state index contributed by atoms with van der Waals surface area (Å²) in [4.78, 5) is 12.2. The number of aryl methyl sites for hydroxylation is 1. The monoisotopic (exact) mass is 373 g/mol. The highest BCUT2D eigenvalue weighted by Crippen LogP contribution is 2.35. The van der Waals surface area contributed by atoms with E-state index in [1.807, 2.05) is 13.0 Å². The third-order valence-corrected chi connectivity index (χ3v) is 4.27. The molecule has 0 saturated heterocycles. The Morgan fingerprint density at radius 3 is 2.70 bits per heavy atom. The molecule has 0 unspecified atom stereocenters. The number of hydrogen-bond donors (Lipinski definition) is 2. The zero-order valence-electron chi connectivity index (χ0n) is 10.4. The molecule has 2 aromatic rings. The van der Waals surface area contributed by atoms with Crippen LogP contribution in [0.5, 0.6) is 5.75 Å². The molecule has 104 valence electrons. The maximum Gasteiger partial charge on any atom is 0.256 e. The Morgan fingerprint density at radius 2 is 2.00 bits per heavy atom. The number of carbonyl (C=O) groups excluding carboxylic acids is 1. The van der Waals surface area contributed by atoms with Gasteiger partial charge >= 0.3 is 0 Å². The molecule has 0 aliphatic carbocycles. The number of phenols is 1. The minimum atomic E-state index is -0.366. The van der Waals surface area contributed by atoms with Crippen LogP contribution in [0.25, 0.3) is 0 Å². The summed E-state index contributed by atoms with van der Waals surface area (Å²) in [5.74, 6) is -0.581. The first kappa shape index (κ1) is 15.2. The molecule has 0 aliphatic heterocycles. The third-order valence-electron chi connectivity index (χ3n) is 2.71. The highest BCUT2D eigenvalue weighted by Gasteiger charge is 2.15. The van der Waals surface area contributed by atoms with Crippen LogP contribution in [0, 0.1) is 6.92 Å². The van der Waals surface area contributed by atoms with E-state index < -0.39 is 0 Å². The van der Waals surface area contributed by atoms with Gasteiger partial charge in [0.2, 0.25) is 0 Å². The van der Waals surface area contributed by atoms with Crippen LogP contribution in [0.3, 0.4) is 0 Å². The van der Waals surface area contributed by atoms with Gasteiger partial charge in [-0.05, 0) is 46.6 Å². The molecule has 0 radical (unpaired) electrons. The molecule has 0 aromatic heterocycles. The van der Waals surface area contributed by atoms with Crippen molar-refractivity contribution in [1.82, 2.24) is 0 Å². The lowest BCUT2D eigenvalue weighted by Gasteiger charge is -2.11. The lowest BCUT2D eigenvalue weighted by atomic mass is 10.1. The minimum absolute atomic E-state index is 0.0797. The average molecular weight is 375 g/mol. The summed E-state index contributed by atoms with van der Waals surface area (Å²) in [5, 5.41) is 12.8. The number of nitrogens with one attached hydrogen (secondary N) is 1. The molecule has 0 saturated carbocycles. The van der Waals surface area contributed by atoms with Gasteiger partial charge in [-0.2, -0.15) is 0 Å². The number of rotatable bonds is 2. The molecular formula is C14H10BrCl2NO2. The van der Waals surface area contributed by atoms with Gasteiger partial charge in [0.15, 0.2) is 5.75 Å². The molecule has 2 aromatic carbocycles. The number of carbonyl (C=O) groups is 1. The molecule has 0 aliphatic rings. The van der Waals surface area contributed by atoms with E-state index in [9.17, 15) is 9.90 Å². The fourth-order valence-electron chi connectivity index (χ4n) is 1.67. The number of aromatic hydroxyl groups is 1. The Kier molecular flexibility index (Phi) is 4.58. The molecular weight excluding hydrogens is 365 g/mol. The second-order valence-electron chi connectivity index (χ2n) is 4.17. The van der Waals surface area contributed by atoms with Crippen molar-refractivity contribution in [1.29, 1.82) is 0 Å². The molecule has 0 heterocycles. The maximum atomic E-state index is 12.2. The van der Waals surface area contributed by atoms with Crippen molar-refractivity contribution < 1.29 is 9.90 Å². The zero-order chi connectivity index (χ0) is 14.9. The van der Waals surface area contributed by atoms with Crippen molar-refractivity contribution in [3.05, 3.63) is 56.0 Å². The number of anilines is 1. The number of halogens is 3. The molecule has 0 spiro atoms. The predicted octanol–water partition coefficient (Wildman–Crippen LogP) is 5.02. The smallest absolute Gasteiger partial charge is 0.256 e. The van der Waals surface area contributed by atoms with Crippen LogP contribution in [-0.2, 0) is 0 Å². The van der Waals surface area contributed by atoms with E-state index in [0.717, 1.165) is 5.56 Å². The molecule has 6 heteroatoms. The maximum absolute atomic E-state index is 12.2. The highest BCUT2D eigenvalue weighted by molar-refractivity contribution is 9.10. The lowest BCUT2D eigenvalue weighted by molar-refractivity contribution is 0.102. The van der Waals surface area contributed by atoms with Gasteiger partial charge in [0.1, 0.15) is 0 Å². The van der Waals surface area contributed by atoms with E-state index in [1.54, 1.807) is 12.1 Å². The first-order valence-electron chi connectivity index (χ1n) is 5.64. The number of hydrogen-bond acceptors (Lipinski definition) is 2. The predicted molar refractivity (Wildman–Crippen MR) is 85.0 cm³/mol. The second-order valence-corrected chi connectivity index (χ2v) is 5.81. The summed E-state index contributed by atoms with van der Waals surface area (Å²) < 4.78 is 0.699. The molecule has 20 heavy (non-hydrogen) atoms. The summed E-state index contributed by atoms with van der Waals surface area (Å²) in [7, 11) is 0. The first-order valence-corrected chi connectivity index (χ1v) is 7.19. The van der Waals surface area contributed by atoms with Crippen molar-refractivity contribution in [2.75, 3.05) is 5.32 Å². The second kappa shape index (κ2) is 6.04. The van der Waals surface area contributed by atoms with Crippen molar-refractivity contribution >= 4 is 50.7 Å². The van der Waals surface area contributed by atoms with Crippen LogP contribution in [0.15, 0.2) is 34.8 Å². The van der Waals surface area contributed by atoms with Gasteiger partial charge in [0.25, 0.3) is 5.91 Å². The van der Waals surface area contributed by atoms with Gasteiger partial charge in [-0.25, -0.2) is 0 Å². The number of phenolic OH excluding ortho intramolecular Hbond substituents is 1. The highest BCUT2D eigenvalue weighted by atomic mass is 79.9. The van der Waals surface area contributed by atoms with Crippen LogP contribution >= 0.6 is 39.1 Å². The van der Waals surface area contributed by atoms with Crippen LogP contribution in [0.4, 0.5) is 5.69 Å². The normalized spacial score (nSPS) is 10.4. The molecule has 0 atom stereocenters. The standard InChI is InChI=1S/C14H10BrCl2NO2/c1-7-3-2-4-9(12(7)15)14(20)18-11-6-8(16)5-10(17)13(11)19/h2-6,19H,1H3,(H,18,20). The minimum Gasteiger partial charge on any atom is -0.504 e. The van der Waals surface area contributed by atoms with Gasteiger partial charge in [-0.1, -0.05) is 35.3 Å². The van der Waals surface area contributed by atoms with Crippen LogP contribution in [0.1, 0.15) is 15.9 Å².